The Labute approximate surface area is 86.3 Å². The molecule has 0 spiro atoms. The van der Waals surface area contributed by atoms with Crippen LogP contribution < -0.4 is 5.48 Å². The molecule has 0 aliphatic carbocycles. The third kappa shape index (κ3) is 3.61. The molecule has 5 nitrogen and oxygen atoms in total. The highest BCUT2D eigenvalue weighted by Crippen LogP contribution is 2.04. The van der Waals surface area contributed by atoms with Gasteiger partial charge in [0.25, 0.3) is 5.91 Å². The summed E-state index contributed by atoms with van der Waals surface area (Å²) in [5.74, 6) is -0.587. The summed E-state index contributed by atoms with van der Waals surface area (Å²) < 4.78 is 0. The number of carbonyl (C=O) groups is 1. The number of hydrogen-bond donors (Lipinski definition) is 3. The number of benzene rings is 1. The first-order valence-corrected chi connectivity index (χ1v) is 4.16. The van der Waals surface area contributed by atoms with Gasteiger partial charge in [-0.2, -0.15) is 0 Å². The number of hydroxylamine groups is 1. The van der Waals surface area contributed by atoms with Crippen molar-refractivity contribution in [2.75, 3.05) is 0 Å². The van der Waals surface area contributed by atoms with E-state index in [2.05, 4.69) is 5.16 Å². The second-order valence-corrected chi connectivity index (χ2v) is 2.72. The van der Waals surface area contributed by atoms with Crippen LogP contribution in [0.15, 0.2) is 35.5 Å². The van der Waals surface area contributed by atoms with E-state index in [9.17, 15) is 4.79 Å². The van der Waals surface area contributed by atoms with Gasteiger partial charge in [-0.15, -0.1) is 0 Å². The highest BCUT2D eigenvalue weighted by Gasteiger charge is 1.91. The van der Waals surface area contributed by atoms with Gasteiger partial charge in [-0.25, -0.2) is 5.48 Å². The lowest BCUT2D eigenvalue weighted by molar-refractivity contribution is -0.124. The predicted octanol–water partition coefficient (Wildman–Crippen LogP) is 1.01. The Kier molecular flexibility index (Phi) is 4.05. The predicted molar refractivity (Wildman–Crippen MR) is 54.8 cm³/mol. The van der Waals surface area contributed by atoms with Crippen LogP contribution in [-0.2, 0) is 4.79 Å². The molecule has 0 heterocycles. The summed E-state index contributed by atoms with van der Waals surface area (Å²) in [4.78, 5) is 10.7. The molecule has 0 bridgehead atoms. The summed E-state index contributed by atoms with van der Waals surface area (Å²) in [6, 6.07) is 6.96. The SMILES string of the molecule is O=C(/C=C/c1ccc(/C=N\O)cc1)NO. The maximum Gasteiger partial charge on any atom is 0.267 e. The van der Waals surface area contributed by atoms with Gasteiger partial charge in [0.2, 0.25) is 0 Å². The second kappa shape index (κ2) is 5.56. The molecule has 0 fully saturated rings. The Morgan fingerprint density at radius 1 is 1.27 bits per heavy atom. The number of amides is 1. The summed E-state index contributed by atoms with van der Waals surface area (Å²) in [7, 11) is 0. The van der Waals surface area contributed by atoms with Crippen LogP contribution in [0.2, 0.25) is 0 Å². The van der Waals surface area contributed by atoms with Gasteiger partial charge in [0.05, 0.1) is 6.21 Å². The number of nitrogens with one attached hydrogen (secondary N) is 1. The average molecular weight is 206 g/mol. The lowest BCUT2D eigenvalue weighted by Gasteiger charge is -1.94. The van der Waals surface area contributed by atoms with Crippen LogP contribution in [-0.4, -0.2) is 22.5 Å². The van der Waals surface area contributed by atoms with Gasteiger partial charge >= 0.3 is 0 Å². The van der Waals surface area contributed by atoms with Crippen molar-refractivity contribution in [3.05, 3.63) is 41.5 Å². The lowest BCUT2D eigenvalue weighted by atomic mass is 10.1. The summed E-state index contributed by atoms with van der Waals surface area (Å²) in [6.07, 6.45) is 4.05. The van der Waals surface area contributed by atoms with E-state index in [1.165, 1.54) is 17.8 Å². The van der Waals surface area contributed by atoms with Gasteiger partial charge in [-0.3, -0.25) is 10.0 Å². The molecule has 15 heavy (non-hydrogen) atoms. The first-order chi connectivity index (χ1) is 7.26. The van der Waals surface area contributed by atoms with Crippen molar-refractivity contribution in [1.82, 2.24) is 5.48 Å². The zero-order valence-electron chi connectivity index (χ0n) is 7.79. The number of carbonyl (C=O) groups excluding carboxylic acids is 1. The van der Waals surface area contributed by atoms with Crippen LogP contribution in [0.4, 0.5) is 0 Å². The van der Waals surface area contributed by atoms with E-state index in [0.717, 1.165) is 11.1 Å². The van der Waals surface area contributed by atoms with Crippen molar-refractivity contribution in [3.63, 3.8) is 0 Å². The third-order valence-corrected chi connectivity index (χ3v) is 1.68. The summed E-state index contributed by atoms with van der Waals surface area (Å²) in [5, 5.41) is 19.4. The van der Waals surface area contributed by atoms with Crippen LogP contribution in [0.1, 0.15) is 11.1 Å². The molecule has 0 saturated heterocycles. The average Bonchev–Trinajstić information content (AvgIpc) is 2.28. The van der Waals surface area contributed by atoms with E-state index in [4.69, 9.17) is 10.4 Å². The van der Waals surface area contributed by atoms with Crippen LogP contribution in [0.5, 0.6) is 0 Å². The molecule has 0 radical (unpaired) electrons. The molecule has 78 valence electrons. The Bertz CT molecular complexity index is 382. The van der Waals surface area contributed by atoms with Gasteiger partial charge in [0, 0.05) is 6.08 Å². The maximum atomic E-state index is 10.7. The molecule has 0 saturated carbocycles. The Morgan fingerprint density at radius 2 is 1.87 bits per heavy atom. The van der Waals surface area contributed by atoms with E-state index >= 15 is 0 Å². The van der Waals surface area contributed by atoms with Gasteiger partial charge in [0.15, 0.2) is 0 Å². The van der Waals surface area contributed by atoms with Crippen LogP contribution in [0, 0.1) is 0 Å². The summed E-state index contributed by atoms with van der Waals surface area (Å²) in [6.45, 7) is 0. The molecule has 0 unspecified atom stereocenters. The molecule has 0 atom stereocenters. The summed E-state index contributed by atoms with van der Waals surface area (Å²) >= 11 is 0. The molecular weight excluding hydrogens is 196 g/mol. The first kappa shape index (κ1) is 10.9. The molecule has 5 heteroatoms. The topological polar surface area (TPSA) is 81.9 Å². The standard InChI is InChI=1S/C10H10N2O3/c13-10(12-15)6-5-8-1-3-9(4-2-8)7-11-14/h1-7,14-15H,(H,12,13)/b6-5+,11-7-. The van der Waals surface area contributed by atoms with E-state index in [-0.39, 0.29) is 0 Å². The van der Waals surface area contributed by atoms with Crippen molar-refractivity contribution in [3.8, 4) is 0 Å². The smallest absolute Gasteiger partial charge is 0.267 e. The van der Waals surface area contributed by atoms with Crippen molar-refractivity contribution in [2.45, 2.75) is 0 Å². The lowest BCUT2D eigenvalue weighted by Crippen LogP contribution is -2.14. The van der Waals surface area contributed by atoms with E-state index in [0.29, 0.717) is 0 Å². The number of hydrogen-bond acceptors (Lipinski definition) is 4. The van der Waals surface area contributed by atoms with E-state index < -0.39 is 5.91 Å². The highest BCUT2D eigenvalue weighted by molar-refractivity contribution is 5.91. The fourth-order valence-corrected chi connectivity index (χ4v) is 0.969. The Morgan fingerprint density at radius 3 is 2.40 bits per heavy atom. The molecular formula is C10H10N2O3. The van der Waals surface area contributed by atoms with Crippen LogP contribution >= 0.6 is 0 Å². The van der Waals surface area contributed by atoms with Crippen molar-refractivity contribution in [1.29, 1.82) is 0 Å². The number of oxime groups is 1. The quantitative estimate of drug-likeness (QED) is 0.227. The Balaban J connectivity index is 2.72. The normalized spacial score (nSPS) is 11.0. The minimum absolute atomic E-state index is 0.587. The zero-order valence-corrected chi connectivity index (χ0v) is 7.79. The van der Waals surface area contributed by atoms with E-state index in [1.807, 2.05) is 0 Å². The monoisotopic (exact) mass is 206 g/mol. The summed E-state index contributed by atoms with van der Waals surface area (Å²) in [5.41, 5.74) is 3.04. The number of rotatable bonds is 3. The fourth-order valence-electron chi connectivity index (χ4n) is 0.969. The molecule has 0 aliphatic rings. The molecule has 3 N–H and O–H groups in total. The minimum atomic E-state index is -0.587. The molecule has 1 rings (SSSR count). The van der Waals surface area contributed by atoms with Crippen LogP contribution in [0.3, 0.4) is 0 Å². The highest BCUT2D eigenvalue weighted by atomic mass is 16.5. The zero-order chi connectivity index (χ0) is 11.1. The minimum Gasteiger partial charge on any atom is -0.411 e. The first-order valence-electron chi connectivity index (χ1n) is 4.16. The third-order valence-electron chi connectivity index (χ3n) is 1.68. The van der Waals surface area contributed by atoms with Gasteiger partial charge < -0.3 is 5.21 Å². The van der Waals surface area contributed by atoms with Crippen molar-refractivity contribution in [2.24, 2.45) is 5.16 Å². The molecule has 1 amide bonds. The maximum absolute atomic E-state index is 10.7. The Hall–Kier alpha value is -2.14. The molecule has 1 aromatic rings. The molecule has 1 aromatic carbocycles. The number of nitrogens with zero attached hydrogens (tertiary/aromatic N) is 1. The van der Waals surface area contributed by atoms with Gasteiger partial charge in [-0.05, 0) is 17.2 Å². The fraction of sp³-hybridized carbons (Fsp3) is 0. The van der Waals surface area contributed by atoms with Gasteiger partial charge in [-0.1, -0.05) is 29.4 Å². The van der Waals surface area contributed by atoms with Crippen molar-refractivity contribution < 1.29 is 15.2 Å². The second-order valence-electron chi connectivity index (χ2n) is 2.72. The van der Waals surface area contributed by atoms with Crippen molar-refractivity contribution >= 4 is 18.2 Å². The molecule has 0 aliphatic heterocycles. The van der Waals surface area contributed by atoms with Gasteiger partial charge in [0.1, 0.15) is 0 Å². The van der Waals surface area contributed by atoms with E-state index in [1.54, 1.807) is 30.3 Å². The molecule has 0 aromatic heterocycles. The largest absolute Gasteiger partial charge is 0.411 e. The van der Waals surface area contributed by atoms with Crippen LogP contribution in [0.25, 0.3) is 6.08 Å².